The number of carbonyl (C=O) groups excluding carboxylic acids is 2. The first-order valence-electron chi connectivity index (χ1n) is 6.61. The van der Waals surface area contributed by atoms with Crippen LogP contribution in [-0.4, -0.2) is 40.5 Å². The van der Waals surface area contributed by atoms with E-state index in [0.29, 0.717) is 25.8 Å². The van der Waals surface area contributed by atoms with Crippen LogP contribution >= 0.6 is 0 Å². The second-order valence-electron chi connectivity index (χ2n) is 5.08. The van der Waals surface area contributed by atoms with E-state index in [4.69, 9.17) is 0 Å². The number of hydrogen-bond acceptors (Lipinski definition) is 4. The molecular weight excluding hydrogens is 260 g/mol. The Balaban J connectivity index is 2.01. The molecule has 0 bridgehead atoms. The molecule has 2 unspecified atom stereocenters. The Morgan fingerprint density at radius 3 is 2.65 bits per heavy atom. The van der Waals surface area contributed by atoms with Crippen LogP contribution in [0.4, 0.5) is 0 Å². The number of aromatic hydroxyl groups is 1. The van der Waals surface area contributed by atoms with Crippen LogP contribution < -0.4 is 10.8 Å². The second-order valence-corrected chi connectivity index (χ2v) is 5.08. The van der Waals surface area contributed by atoms with Crippen LogP contribution in [0.5, 0.6) is 5.75 Å². The Hall–Kier alpha value is -2.08. The lowest BCUT2D eigenvalue weighted by atomic mass is 10.0. The summed E-state index contributed by atoms with van der Waals surface area (Å²) in [5.41, 5.74) is 4.70. The fourth-order valence-corrected chi connectivity index (χ4v) is 2.51. The molecule has 6 nitrogen and oxygen atoms in total. The van der Waals surface area contributed by atoms with Gasteiger partial charge in [-0.2, -0.15) is 0 Å². The average Bonchev–Trinajstić information content (AvgIpc) is 2.90. The molecular formula is C14H18N2O4. The number of quaternary nitrogens is 1. The first-order chi connectivity index (χ1) is 9.49. The van der Waals surface area contributed by atoms with E-state index in [1.54, 1.807) is 24.3 Å². The largest absolute Gasteiger partial charge is 0.548 e. The predicted molar refractivity (Wildman–Crippen MR) is 68.2 cm³/mol. The van der Waals surface area contributed by atoms with E-state index in [9.17, 15) is 19.8 Å². The number of phenolic OH excluding ortho intramolecular Hbond substituents is 1. The summed E-state index contributed by atoms with van der Waals surface area (Å²) in [4.78, 5) is 24.6. The van der Waals surface area contributed by atoms with Crippen molar-refractivity contribution in [3.05, 3.63) is 29.8 Å². The SMILES string of the molecule is [NH3+]C(Cc1ccc(O)cc1)C(=O)N1CCCC1C(=O)[O-]. The van der Waals surface area contributed by atoms with Crippen molar-refractivity contribution in [3.63, 3.8) is 0 Å². The van der Waals surface area contributed by atoms with E-state index in [1.807, 2.05) is 0 Å². The third kappa shape index (κ3) is 3.08. The van der Waals surface area contributed by atoms with Crippen molar-refractivity contribution in [2.45, 2.75) is 31.3 Å². The zero-order valence-corrected chi connectivity index (χ0v) is 11.1. The lowest BCUT2D eigenvalue weighted by Gasteiger charge is -2.26. The molecule has 2 atom stereocenters. The number of likely N-dealkylation sites (tertiary alicyclic amines) is 1. The van der Waals surface area contributed by atoms with Gasteiger partial charge in [0.25, 0.3) is 5.91 Å². The highest BCUT2D eigenvalue weighted by Crippen LogP contribution is 2.18. The molecule has 6 heteroatoms. The number of amides is 1. The average molecular weight is 278 g/mol. The highest BCUT2D eigenvalue weighted by Gasteiger charge is 2.34. The molecule has 0 aromatic heterocycles. The molecule has 1 heterocycles. The molecule has 1 aromatic rings. The summed E-state index contributed by atoms with van der Waals surface area (Å²) in [6.07, 6.45) is 1.53. The number of rotatable bonds is 4. The summed E-state index contributed by atoms with van der Waals surface area (Å²) < 4.78 is 0. The summed E-state index contributed by atoms with van der Waals surface area (Å²) in [7, 11) is 0. The zero-order valence-electron chi connectivity index (χ0n) is 11.1. The Kier molecular flexibility index (Phi) is 4.24. The molecule has 1 amide bonds. The van der Waals surface area contributed by atoms with E-state index >= 15 is 0 Å². The van der Waals surface area contributed by atoms with Crippen LogP contribution in [-0.2, 0) is 16.0 Å². The molecule has 1 aliphatic rings. The Bertz CT molecular complexity index is 500. The van der Waals surface area contributed by atoms with Crippen molar-refractivity contribution in [2.75, 3.05) is 6.54 Å². The highest BCUT2D eigenvalue weighted by molar-refractivity contribution is 5.86. The number of carboxylic acid groups (broad SMARTS) is 1. The number of hydrogen-bond donors (Lipinski definition) is 2. The lowest BCUT2D eigenvalue weighted by Crippen LogP contribution is -2.69. The quantitative estimate of drug-likeness (QED) is 0.683. The Morgan fingerprint density at radius 1 is 1.40 bits per heavy atom. The van der Waals surface area contributed by atoms with Crippen LogP contribution in [0.15, 0.2) is 24.3 Å². The van der Waals surface area contributed by atoms with Crippen LogP contribution in [0.2, 0.25) is 0 Å². The standard InChI is InChI=1S/C14H18N2O4/c15-11(8-9-3-5-10(17)6-4-9)13(18)16-7-1-2-12(16)14(19)20/h3-6,11-12,17H,1-2,7-8,15H2,(H,19,20). The molecule has 0 spiro atoms. The van der Waals surface area contributed by atoms with Crippen molar-refractivity contribution < 1.29 is 25.5 Å². The van der Waals surface area contributed by atoms with Crippen molar-refractivity contribution in [1.29, 1.82) is 0 Å². The van der Waals surface area contributed by atoms with E-state index < -0.39 is 18.1 Å². The van der Waals surface area contributed by atoms with Gasteiger partial charge in [0.05, 0.1) is 12.0 Å². The minimum Gasteiger partial charge on any atom is -0.548 e. The summed E-state index contributed by atoms with van der Waals surface area (Å²) in [5.74, 6) is -1.30. The molecule has 2 rings (SSSR count). The third-order valence-corrected chi connectivity index (χ3v) is 3.58. The monoisotopic (exact) mass is 278 g/mol. The minimum absolute atomic E-state index is 0.164. The molecule has 0 radical (unpaired) electrons. The maximum Gasteiger partial charge on any atom is 0.281 e. The third-order valence-electron chi connectivity index (χ3n) is 3.58. The van der Waals surface area contributed by atoms with Crippen molar-refractivity contribution in [1.82, 2.24) is 4.90 Å². The molecule has 1 aromatic carbocycles. The van der Waals surface area contributed by atoms with Gasteiger partial charge in [-0.1, -0.05) is 12.1 Å². The van der Waals surface area contributed by atoms with Gasteiger partial charge in [-0.05, 0) is 30.5 Å². The van der Waals surface area contributed by atoms with Crippen LogP contribution in [0.3, 0.4) is 0 Å². The summed E-state index contributed by atoms with van der Waals surface area (Å²) in [6, 6.07) is 5.17. The lowest BCUT2D eigenvalue weighted by molar-refractivity contribution is -0.405. The molecule has 1 fully saturated rings. The highest BCUT2D eigenvalue weighted by atomic mass is 16.4. The first-order valence-corrected chi connectivity index (χ1v) is 6.61. The van der Waals surface area contributed by atoms with E-state index in [2.05, 4.69) is 5.73 Å². The summed E-state index contributed by atoms with van der Waals surface area (Å²) in [5, 5.41) is 20.2. The van der Waals surface area contributed by atoms with Gasteiger partial charge in [0.2, 0.25) is 0 Å². The van der Waals surface area contributed by atoms with Crippen molar-refractivity contribution in [2.24, 2.45) is 0 Å². The number of benzene rings is 1. The molecule has 1 aliphatic heterocycles. The predicted octanol–water partition coefficient (Wildman–Crippen LogP) is -1.71. The Labute approximate surface area is 116 Å². The summed E-state index contributed by atoms with van der Waals surface area (Å²) >= 11 is 0. The fraction of sp³-hybridized carbons (Fsp3) is 0.429. The maximum absolute atomic E-state index is 12.3. The summed E-state index contributed by atoms with van der Waals surface area (Å²) in [6.45, 7) is 0.444. The van der Waals surface area contributed by atoms with Crippen molar-refractivity contribution in [3.8, 4) is 5.75 Å². The van der Waals surface area contributed by atoms with Crippen LogP contribution in [0.25, 0.3) is 0 Å². The molecule has 0 saturated carbocycles. The van der Waals surface area contributed by atoms with Crippen LogP contribution in [0.1, 0.15) is 18.4 Å². The number of carboxylic acids is 1. The van der Waals surface area contributed by atoms with Gasteiger partial charge >= 0.3 is 0 Å². The molecule has 108 valence electrons. The van der Waals surface area contributed by atoms with E-state index in [-0.39, 0.29) is 11.7 Å². The topological polar surface area (TPSA) is 108 Å². The van der Waals surface area contributed by atoms with Gasteiger partial charge in [-0.15, -0.1) is 0 Å². The molecule has 1 saturated heterocycles. The van der Waals surface area contributed by atoms with Gasteiger partial charge in [0, 0.05) is 13.0 Å². The van der Waals surface area contributed by atoms with E-state index in [1.165, 1.54) is 4.90 Å². The number of nitrogens with zero attached hydrogens (tertiary/aromatic N) is 1. The first kappa shape index (κ1) is 14.3. The normalized spacial score (nSPS) is 19.9. The van der Waals surface area contributed by atoms with Gasteiger partial charge in [-0.25, -0.2) is 0 Å². The van der Waals surface area contributed by atoms with Crippen molar-refractivity contribution >= 4 is 11.9 Å². The smallest absolute Gasteiger partial charge is 0.281 e. The Morgan fingerprint density at radius 2 is 2.05 bits per heavy atom. The van der Waals surface area contributed by atoms with E-state index in [0.717, 1.165) is 5.56 Å². The molecule has 20 heavy (non-hydrogen) atoms. The van der Waals surface area contributed by atoms with Gasteiger partial charge in [0.15, 0.2) is 6.04 Å². The fourth-order valence-electron chi connectivity index (χ4n) is 2.51. The second kappa shape index (κ2) is 5.92. The van der Waals surface area contributed by atoms with Gasteiger partial charge in [-0.3, -0.25) is 4.79 Å². The van der Waals surface area contributed by atoms with Gasteiger partial charge in [0.1, 0.15) is 5.75 Å². The number of phenols is 1. The molecule has 4 N–H and O–H groups in total. The molecule has 0 aliphatic carbocycles. The zero-order chi connectivity index (χ0) is 14.7. The number of carbonyl (C=O) groups is 2. The maximum atomic E-state index is 12.3. The van der Waals surface area contributed by atoms with Crippen LogP contribution in [0, 0.1) is 0 Å². The van der Waals surface area contributed by atoms with Gasteiger partial charge < -0.3 is 25.6 Å². The minimum atomic E-state index is -1.20. The number of aliphatic carboxylic acids is 1.